The number of aliphatic hydroxyl groups is 1. The number of benzene rings is 2. The summed E-state index contributed by atoms with van der Waals surface area (Å²) in [6.07, 6.45) is -3.03. The number of carbonyl (C=O) groups excluding carboxylic acids is 2. The Morgan fingerprint density at radius 3 is 1.97 bits per heavy atom. The molecule has 0 aliphatic carbocycles. The number of methoxy groups -OCH3 is 1. The van der Waals surface area contributed by atoms with E-state index >= 15 is 0 Å². The van der Waals surface area contributed by atoms with E-state index in [2.05, 4.69) is 0 Å². The van der Waals surface area contributed by atoms with E-state index in [-0.39, 0.29) is 6.61 Å². The predicted octanol–water partition coefficient (Wildman–Crippen LogP) is 2.81. The molecule has 3 rings (SSSR count). The smallest absolute Gasteiger partial charge is 0.338 e. The van der Waals surface area contributed by atoms with Crippen molar-refractivity contribution in [3.8, 4) is 0 Å². The molecule has 160 valence electrons. The molecule has 1 heterocycles. The van der Waals surface area contributed by atoms with E-state index in [9.17, 15) is 14.7 Å². The Bertz CT molecular complexity index is 887. The van der Waals surface area contributed by atoms with E-state index in [1.807, 2.05) is 13.8 Å². The standard InChI is InChI=1S/C23H26O7/c1-14-5-9-16(10-6-14)20(24)28-13-18-19(23(3,26)22(27-4)29-18)30-21(25)17-11-7-15(2)8-12-17/h5-12,18-19,22,26H,13H2,1-4H3. The molecular formula is C23H26O7. The van der Waals surface area contributed by atoms with Crippen LogP contribution in [0.25, 0.3) is 0 Å². The fourth-order valence-corrected chi connectivity index (χ4v) is 3.30. The lowest BCUT2D eigenvalue weighted by molar-refractivity contribution is -0.187. The average molecular weight is 414 g/mol. The molecule has 1 aliphatic rings. The van der Waals surface area contributed by atoms with E-state index in [1.165, 1.54) is 14.0 Å². The molecule has 30 heavy (non-hydrogen) atoms. The number of esters is 2. The number of aryl methyl sites for hydroxylation is 2. The van der Waals surface area contributed by atoms with Gasteiger partial charge in [-0.2, -0.15) is 0 Å². The Kier molecular flexibility index (Phi) is 6.55. The molecule has 1 fully saturated rings. The molecule has 4 unspecified atom stereocenters. The maximum atomic E-state index is 12.6. The van der Waals surface area contributed by atoms with Gasteiger partial charge in [0.1, 0.15) is 12.7 Å². The Labute approximate surface area is 175 Å². The molecule has 0 radical (unpaired) electrons. The molecule has 1 aliphatic heterocycles. The molecule has 0 amide bonds. The molecule has 7 heteroatoms. The third-order valence-electron chi connectivity index (χ3n) is 5.09. The minimum absolute atomic E-state index is 0.214. The van der Waals surface area contributed by atoms with Crippen LogP contribution >= 0.6 is 0 Å². The Hall–Kier alpha value is -2.74. The molecule has 0 aromatic heterocycles. The lowest BCUT2D eigenvalue weighted by atomic mass is 9.97. The largest absolute Gasteiger partial charge is 0.459 e. The van der Waals surface area contributed by atoms with E-state index in [4.69, 9.17) is 18.9 Å². The van der Waals surface area contributed by atoms with Gasteiger partial charge in [-0.15, -0.1) is 0 Å². The van der Waals surface area contributed by atoms with Gasteiger partial charge < -0.3 is 24.1 Å². The quantitative estimate of drug-likeness (QED) is 0.727. The van der Waals surface area contributed by atoms with Gasteiger partial charge in [-0.05, 0) is 45.0 Å². The first-order valence-electron chi connectivity index (χ1n) is 9.64. The summed E-state index contributed by atoms with van der Waals surface area (Å²) in [4.78, 5) is 24.9. The van der Waals surface area contributed by atoms with Crippen molar-refractivity contribution in [3.05, 3.63) is 70.8 Å². The lowest BCUT2D eigenvalue weighted by Gasteiger charge is -2.28. The molecule has 2 aromatic carbocycles. The maximum absolute atomic E-state index is 12.6. The number of carbonyl (C=O) groups is 2. The summed E-state index contributed by atoms with van der Waals surface area (Å²) in [5.41, 5.74) is 1.13. The zero-order valence-electron chi connectivity index (χ0n) is 17.5. The van der Waals surface area contributed by atoms with Crippen LogP contribution in [-0.2, 0) is 18.9 Å². The summed E-state index contributed by atoms with van der Waals surface area (Å²) < 4.78 is 21.8. The van der Waals surface area contributed by atoms with Crippen LogP contribution in [0, 0.1) is 13.8 Å². The minimum Gasteiger partial charge on any atom is -0.459 e. The fourth-order valence-electron chi connectivity index (χ4n) is 3.30. The second-order valence-electron chi connectivity index (χ2n) is 7.62. The van der Waals surface area contributed by atoms with E-state index in [0.29, 0.717) is 11.1 Å². The Morgan fingerprint density at radius 2 is 1.47 bits per heavy atom. The molecule has 0 saturated carbocycles. The van der Waals surface area contributed by atoms with Crippen LogP contribution in [0.4, 0.5) is 0 Å². The van der Waals surface area contributed by atoms with Crippen molar-refractivity contribution in [2.45, 2.75) is 44.9 Å². The minimum atomic E-state index is -1.63. The zero-order chi connectivity index (χ0) is 21.9. The summed E-state index contributed by atoms with van der Waals surface area (Å²) in [7, 11) is 1.37. The van der Waals surface area contributed by atoms with Crippen LogP contribution < -0.4 is 0 Å². The predicted molar refractivity (Wildman–Crippen MR) is 108 cm³/mol. The SMILES string of the molecule is COC1OC(COC(=O)c2ccc(C)cc2)C(OC(=O)c2ccc(C)cc2)C1(C)O. The van der Waals surface area contributed by atoms with Gasteiger partial charge in [-0.25, -0.2) is 9.59 Å². The van der Waals surface area contributed by atoms with Gasteiger partial charge in [0.25, 0.3) is 0 Å². The lowest BCUT2D eigenvalue weighted by Crippen LogP contribution is -2.49. The maximum Gasteiger partial charge on any atom is 0.338 e. The third-order valence-corrected chi connectivity index (χ3v) is 5.09. The van der Waals surface area contributed by atoms with Crippen LogP contribution in [-0.4, -0.2) is 54.9 Å². The van der Waals surface area contributed by atoms with Crippen LogP contribution in [0.2, 0.25) is 0 Å². The van der Waals surface area contributed by atoms with Crippen LogP contribution in [0.15, 0.2) is 48.5 Å². The van der Waals surface area contributed by atoms with Crippen LogP contribution in [0.1, 0.15) is 38.8 Å². The molecular weight excluding hydrogens is 388 g/mol. The van der Waals surface area contributed by atoms with Gasteiger partial charge in [0, 0.05) is 7.11 Å². The molecule has 0 bridgehead atoms. The second kappa shape index (κ2) is 8.95. The number of ether oxygens (including phenoxy) is 4. The van der Waals surface area contributed by atoms with Gasteiger partial charge >= 0.3 is 11.9 Å². The highest BCUT2D eigenvalue weighted by atomic mass is 16.7. The van der Waals surface area contributed by atoms with Crippen molar-refractivity contribution >= 4 is 11.9 Å². The first kappa shape index (κ1) is 22.0. The number of hydrogen-bond acceptors (Lipinski definition) is 7. The summed E-state index contributed by atoms with van der Waals surface area (Å²) >= 11 is 0. The summed E-state index contributed by atoms with van der Waals surface area (Å²) in [5, 5.41) is 10.9. The first-order chi connectivity index (χ1) is 14.2. The zero-order valence-corrected chi connectivity index (χ0v) is 17.5. The molecule has 7 nitrogen and oxygen atoms in total. The van der Waals surface area contributed by atoms with Crippen LogP contribution in [0.3, 0.4) is 0 Å². The van der Waals surface area contributed by atoms with Gasteiger partial charge in [-0.1, -0.05) is 35.4 Å². The van der Waals surface area contributed by atoms with Crippen molar-refractivity contribution in [1.82, 2.24) is 0 Å². The number of hydrogen-bond donors (Lipinski definition) is 1. The van der Waals surface area contributed by atoms with Crippen molar-refractivity contribution in [3.63, 3.8) is 0 Å². The molecule has 2 aromatic rings. The van der Waals surface area contributed by atoms with Gasteiger partial charge in [0.15, 0.2) is 18.0 Å². The first-order valence-corrected chi connectivity index (χ1v) is 9.64. The van der Waals surface area contributed by atoms with Crippen molar-refractivity contribution in [2.75, 3.05) is 13.7 Å². The highest BCUT2D eigenvalue weighted by Crippen LogP contribution is 2.34. The summed E-state index contributed by atoms with van der Waals surface area (Å²) in [5.74, 6) is -1.15. The van der Waals surface area contributed by atoms with Crippen molar-refractivity contribution < 1.29 is 33.6 Å². The highest BCUT2D eigenvalue weighted by molar-refractivity contribution is 5.90. The Balaban J connectivity index is 1.72. The van der Waals surface area contributed by atoms with Crippen molar-refractivity contribution in [1.29, 1.82) is 0 Å². The Morgan fingerprint density at radius 1 is 0.967 bits per heavy atom. The summed E-state index contributed by atoms with van der Waals surface area (Å²) in [6, 6.07) is 13.8. The highest BCUT2D eigenvalue weighted by Gasteiger charge is 2.56. The summed E-state index contributed by atoms with van der Waals surface area (Å²) in [6.45, 7) is 5.07. The van der Waals surface area contributed by atoms with Gasteiger partial charge in [0.2, 0.25) is 0 Å². The van der Waals surface area contributed by atoms with Gasteiger partial charge in [-0.3, -0.25) is 0 Å². The normalized spacial score (nSPS) is 25.7. The molecule has 4 atom stereocenters. The van der Waals surface area contributed by atoms with Crippen LogP contribution in [0.5, 0.6) is 0 Å². The number of rotatable bonds is 6. The molecule has 1 saturated heterocycles. The van der Waals surface area contributed by atoms with Crippen molar-refractivity contribution in [2.24, 2.45) is 0 Å². The monoisotopic (exact) mass is 414 g/mol. The molecule has 0 spiro atoms. The second-order valence-corrected chi connectivity index (χ2v) is 7.62. The van der Waals surface area contributed by atoms with Gasteiger partial charge in [0.05, 0.1) is 11.1 Å². The van der Waals surface area contributed by atoms with E-state index in [1.54, 1.807) is 48.5 Å². The molecule has 1 N–H and O–H groups in total. The van der Waals surface area contributed by atoms with E-state index < -0.39 is 36.0 Å². The topological polar surface area (TPSA) is 91.3 Å². The third kappa shape index (κ3) is 4.70. The average Bonchev–Trinajstić information content (AvgIpc) is 2.96. The van der Waals surface area contributed by atoms with E-state index in [0.717, 1.165) is 11.1 Å². The fraction of sp³-hybridized carbons (Fsp3) is 0.391.